The number of nitrogens with two attached hydrogens (primary N) is 1. The first kappa shape index (κ1) is 14.6. The second kappa shape index (κ2) is 6.58. The van der Waals surface area contributed by atoms with Crippen LogP contribution in [0.5, 0.6) is 0 Å². The van der Waals surface area contributed by atoms with Crippen molar-refractivity contribution in [2.24, 2.45) is 0 Å². The Hall–Kier alpha value is -1.79. The van der Waals surface area contributed by atoms with Gasteiger partial charge in [-0.25, -0.2) is 4.79 Å². The lowest BCUT2D eigenvalue weighted by Crippen LogP contribution is -2.11. The van der Waals surface area contributed by atoms with Gasteiger partial charge < -0.3 is 15.8 Å². The summed E-state index contributed by atoms with van der Waals surface area (Å²) in [4.78, 5) is 17.0. The molecule has 0 unspecified atom stereocenters. The van der Waals surface area contributed by atoms with Crippen LogP contribution in [0, 0.1) is 0 Å². The Balaban J connectivity index is 2.27. The molecule has 0 amide bonds. The monoisotopic (exact) mass is 311 g/mol. The van der Waals surface area contributed by atoms with Crippen molar-refractivity contribution in [2.45, 2.75) is 13.5 Å². The van der Waals surface area contributed by atoms with Gasteiger partial charge in [0.15, 0.2) is 0 Å². The summed E-state index contributed by atoms with van der Waals surface area (Å²) in [6.45, 7) is 2.57. The Labute approximate surface area is 125 Å². The van der Waals surface area contributed by atoms with Gasteiger partial charge in [-0.05, 0) is 19.1 Å². The van der Waals surface area contributed by atoms with Crippen molar-refractivity contribution in [3.05, 3.63) is 39.3 Å². The maximum absolute atomic E-state index is 11.9. The highest BCUT2D eigenvalue weighted by molar-refractivity contribution is 7.09. The topological polar surface area (TPSA) is 77.2 Å². The molecule has 0 saturated heterocycles. The Morgan fingerprint density at radius 3 is 3.00 bits per heavy atom. The van der Waals surface area contributed by atoms with Gasteiger partial charge in [0.25, 0.3) is 0 Å². The molecule has 3 N–H and O–H groups in total. The molecule has 1 aromatic heterocycles. The quantitative estimate of drug-likeness (QED) is 0.655. The fourth-order valence-electron chi connectivity index (χ4n) is 1.68. The molecule has 2 rings (SSSR count). The Bertz CT molecular complexity index is 602. The lowest BCUT2D eigenvalue weighted by Gasteiger charge is -2.13. The van der Waals surface area contributed by atoms with Crippen LogP contribution in [0.1, 0.15) is 22.2 Å². The Morgan fingerprint density at radius 2 is 2.35 bits per heavy atom. The first-order chi connectivity index (χ1) is 9.61. The third-order valence-electron chi connectivity index (χ3n) is 2.53. The number of anilines is 2. The number of nitrogens with one attached hydrogen (secondary N) is 1. The van der Waals surface area contributed by atoms with Gasteiger partial charge in [0.1, 0.15) is 0 Å². The molecule has 0 fully saturated rings. The van der Waals surface area contributed by atoms with E-state index in [1.165, 1.54) is 11.3 Å². The van der Waals surface area contributed by atoms with E-state index in [2.05, 4.69) is 10.3 Å². The number of rotatable bonds is 5. The predicted molar refractivity (Wildman–Crippen MR) is 81.3 cm³/mol. The number of hydrogen-bond donors (Lipinski definition) is 2. The molecule has 0 aliphatic heterocycles. The molecule has 106 valence electrons. The Morgan fingerprint density at radius 1 is 1.55 bits per heavy atom. The molecule has 1 heterocycles. The number of carbonyl (C=O) groups excluding carboxylic acids is 1. The van der Waals surface area contributed by atoms with Gasteiger partial charge in [0.05, 0.1) is 34.9 Å². The summed E-state index contributed by atoms with van der Waals surface area (Å²) in [7, 11) is 0. The van der Waals surface area contributed by atoms with Gasteiger partial charge in [-0.2, -0.15) is 0 Å². The van der Waals surface area contributed by atoms with E-state index >= 15 is 0 Å². The summed E-state index contributed by atoms with van der Waals surface area (Å²) in [5.74, 6) is -0.450. The first-order valence-corrected chi connectivity index (χ1v) is 7.25. The number of esters is 1. The molecule has 0 atom stereocenters. The Kier molecular flexibility index (Phi) is 4.81. The van der Waals surface area contributed by atoms with Crippen molar-refractivity contribution >= 4 is 40.3 Å². The first-order valence-electron chi connectivity index (χ1n) is 5.99. The van der Waals surface area contributed by atoms with E-state index in [-0.39, 0.29) is 0 Å². The zero-order valence-corrected chi connectivity index (χ0v) is 12.4. The molecular weight excluding hydrogens is 298 g/mol. The van der Waals surface area contributed by atoms with E-state index in [1.54, 1.807) is 30.8 Å². The van der Waals surface area contributed by atoms with Gasteiger partial charge in [0.2, 0.25) is 0 Å². The van der Waals surface area contributed by atoms with E-state index in [0.717, 1.165) is 4.88 Å². The lowest BCUT2D eigenvalue weighted by atomic mass is 10.1. The molecule has 1 aromatic carbocycles. The van der Waals surface area contributed by atoms with Crippen molar-refractivity contribution in [1.82, 2.24) is 4.98 Å². The minimum absolute atomic E-state index is 0.291. The van der Waals surface area contributed by atoms with E-state index in [1.807, 2.05) is 0 Å². The van der Waals surface area contributed by atoms with Crippen LogP contribution in [0.25, 0.3) is 0 Å². The average molecular weight is 312 g/mol. The van der Waals surface area contributed by atoms with Gasteiger partial charge in [-0.15, -0.1) is 11.3 Å². The zero-order valence-electron chi connectivity index (χ0n) is 10.9. The van der Waals surface area contributed by atoms with E-state index in [4.69, 9.17) is 22.1 Å². The largest absolute Gasteiger partial charge is 0.462 e. The van der Waals surface area contributed by atoms with Crippen molar-refractivity contribution in [3.63, 3.8) is 0 Å². The number of ether oxygens (including phenoxy) is 1. The SMILES string of the molecule is CCOC(=O)c1cc(N)cc(Cl)c1NCc1cncs1. The molecule has 0 radical (unpaired) electrons. The number of halogens is 1. The van der Waals surface area contributed by atoms with Crippen LogP contribution in [-0.4, -0.2) is 17.6 Å². The number of hydrogen-bond acceptors (Lipinski definition) is 6. The van der Waals surface area contributed by atoms with Gasteiger partial charge in [-0.1, -0.05) is 11.6 Å². The molecule has 7 heteroatoms. The third-order valence-corrected chi connectivity index (χ3v) is 3.61. The van der Waals surface area contributed by atoms with Crippen LogP contribution in [0.15, 0.2) is 23.8 Å². The number of benzene rings is 1. The fraction of sp³-hybridized carbons (Fsp3) is 0.231. The highest BCUT2D eigenvalue weighted by Gasteiger charge is 2.16. The molecule has 0 bridgehead atoms. The molecule has 0 spiro atoms. The summed E-state index contributed by atoms with van der Waals surface area (Å²) in [5, 5.41) is 3.52. The van der Waals surface area contributed by atoms with Crippen LogP contribution in [-0.2, 0) is 11.3 Å². The summed E-state index contributed by atoms with van der Waals surface area (Å²) < 4.78 is 5.01. The molecule has 0 aliphatic rings. The maximum Gasteiger partial charge on any atom is 0.340 e. The van der Waals surface area contributed by atoms with Gasteiger partial charge >= 0.3 is 5.97 Å². The molecule has 2 aromatic rings. The highest BCUT2D eigenvalue weighted by atomic mass is 35.5. The zero-order chi connectivity index (χ0) is 14.5. The van der Waals surface area contributed by atoms with Crippen LogP contribution < -0.4 is 11.1 Å². The number of thiazole rings is 1. The van der Waals surface area contributed by atoms with Crippen molar-refractivity contribution in [3.8, 4) is 0 Å². The number of nitrogens with zero attached hydrogens (tertiary/aromatic N) is 1. The summed E-state index contributed by atoms with van der Waals surface area (Å²) >= 11 is 7.67. The molecular formula is C13H14ClN3O2S. The van der Waals surface area contributed by atoms with Gasteiger partial charge in [-0.3, -0.25) is 4.98 Å². The fourth-order valence-corrected chi connectivity index (χ4v) is 2.51. The second-order valence-electron chi connectivity index (χ2n) is 3.97. The van der Waals surface area contributed by atoms with Gasteiger partial charge in [0, 0.05) is 16.8 Å². The van der Waals surface area contributed by atoms with Crippen molar-refractivity contribution in [2.75, 3.05) is 17.7 Å². The third kappa shape index (κ3) is 3.40. The van der Waals surface area contributed by atoms with E-state index in [0.29, 0.717) is 35.1 Å². The lowest BCUT2D eigenvalue weighted by molar-refractivity contribution is 0.0527. The summed E-state index contributed by atoms with van der Waals surface area (Å²) in [6.07, 6.45) is 1.76. The van der Waals surface area contributed by atoms with Crippen LogP contribution in [0.2, 0.25) is 5.02 Å². The summed E-state index contributed by atoms with van der Waals surface area (Å²) in [5.41, 5.74) is 8.74. The van der Waals surface area contributed by atoms with E-state index < -0.39 is 5.97 Å². The van der Waals surface area contributed by atoms with Crippen LogP contribution >= 0.6 is 22.9 Å². The van der Waals surface area contributed by atoms with E-state index in [9.17, 15) is 4.79 Å². The predicted octanol–water partition coefficient (Wildman–Crippen LogP) is 3.17. The smallest absolute Gasteiger partial charge is 0.340 e. The number of nitrogen functional groups attached to an aromatic ring is 1. The van der Waals surface area contributed by atoms with Crippen LogP contribution in [0.3, 0.4) is 0 Å². The maximum atomic E-state index is 11.9. The summed E-state index contributed by atoms with van der Waals surface area (Å²) in [6, 6.07) is 3.15. The standard InChI is InChI=1S/C13H14ClN3O2S/c1-2-19-13(18)10-3-8(15)4-11(14)12(10)17-6-9-5-16-7-20-9/h3-5,7,17H,2,6,15H2,1H3. The molecule has 20 heavy (non-hydrogen) atoms. The minimum Gasteiger partial charge on any atom is -0.462 e. The normalized spacial score (nSPS) is 10.3. The van der Waals surface area contributed by atoms with Crippen molar-refractivity contribution in [1.29, 1.82) is 0 Å². The number of carbonyl (C=O) groups is 1. The minimum atomic E-state index is -0.450. The highest BCUT2D eigenvalue weighted by Crippen LogP contribution is 2.30. The molecule has 5 nitrogen and oxygen atoms in total. The van der Waals surface area contributed by atoms with Crippen molar-refractivity contribution < 1.29 is 9.53 Å². The number of aromatic nitrogens is 1. The second-order valence-corrected chi connectivity index (χ2v) is 5.35. The molecule has 0 aliphatic carbocycles. The molecule has 0 saturated carbocycles. The average Bonchev–Trinajstić information content (AvgIpc) is 2.90. The van der Waals surface area contributed by atoms with Crippen LogP contribution in [0.4, 0.5) is 11.4 Å².